The maximum atomic E-state index is 12.3. The maximum absolute atomic E-state index is 12.3. The second-order valence-corrected chi connectivity index (χ2v) is 5.80. The summed E-state index contributed by atoms with van der Waals surface area (Å²) in [7, 11) is 0. The lowest BCUT2D eigenvalue weighted by Gasteiger charge is -2.25. The van der Waals surface area contributed by atoms with Crippen LogP contribution in [0.2, 0.25) is 0 Å². The lowest BCUT2D eigenvalue weighted by Crippen LogP contribution is -2.29. The van der Waals surface area contributed by atoms with Crippen LogP contribution in [0.1, 0.15) is 23.7 Å². The molecule has 1 atom stereocenters. The van der Waals surface area contributed by atoms with Crippen LogP contribution in [0.4, 0.5) is 5.82 Å². The molecule has 4 rings (SSSR count). The molecule has 4 heteroatoms. The normalized spacial score (nSPS) is 16.7. The Labute approximate surface area is 134 Å². The van der Waals surface area contributed by atoms with Crippen molar-refractivity contribution in [2.24, 2.45) is 0 Å². The summed E-state index contributed by atoms with van der Waals surface area (Å²) in [5.74, 6) is 0.822. The topological polar surface area (TPSA) is 46.9 Å². The molecule has 4 nitrogen and oxygen atoms in total. The molecular formula is C19H17N3O. The van der Waals surface area contributed by atoms with Crippen LogP contribution >= 0.6 is 0 Å². The van der Waals surface area contributed by atoms with Crippen molar-refractivity contribution in [1.29, 1.82) is 0 Å². The zero-order valence-corrected chi connectivity index (χ0v) is 12.9. The molecule has 1 aromatic heterocycles. The van der Waals surface area contributed by atoms with E-state index < -0.39 is 0 Å². The number of hydrogen-bond donors (Lipinski definition) is 1. The van der Waals surface area contributed by atoms with Crippen LogP contribution in [0.25, 0.3) is 11.1 Å². The summed E-state index contributed by atoms with van der Waals surface area (Å²) >= 11 is 0. The molecule has 1 aliphatic heterocycles. The van der Waals surface area contributed by atoms with Gasteiger partial charge in [-0.05, 0) is 18.1 Å². The molecule has 1 aliphatic rings. The Bertz CT molecular complexity index is 853. The maximum Gasteiger partial charge on any atom is 0.228 e. The molecule has 0 aliphatic carbocycles. The van der Waals surface area contributed by atoms with E-state index in [1.807, 2.05) is 72.3 Å². The largest absolute Gasteiger partial charge is 0.310 e. The van der Waals surface area contributed by atoms with Crippen LogP contribution in [0.5, 0.6) is 0 Å². The van der Waals surface area contributed by atoms with Crippen LogP contribution in [-0.2, 0) is 4.79 Å². The number of aryl methyl sites for hydroxylation is 1. The molecule has 1 N–H and O–H groups in total. The summed E-state index contributed by atoms with van der Waals surface area (Å²) < 4.78 is 1.95. The average Bonchev–Trinajstić information content (AvgIpc) is 2.91. The monoisotopic (exact) mass is 303 g/mol. The highest BCUT2D eigenvalue weighted by Gasteiger charge is 2.30. The van der Waals surface area contributed by atoms with Crippen molar-refractivity contribution in [2.75, 3.05) is 5.32 Å². The van der Waals surface area contributed by atoms with Gasteiger partial charge in [-0.3, -0.25) is 4.79 Å². The fraction of sp³-hybridized carbons (Fsp3) is 0.158. The lowest BCUT2D eigenvalue weighted by atomic mass is 10.0. The number of nitrogens with zero attached hydrogens (tertiary/aromatic N) is 2. The van der Waals surface area contributed by atoms with E-state index >= 15 is 0 Å². The fourth-order valence-electron chi connectivity index (χ4n) is 3.22. The van der Waals surface area contributed by atoms with Crippen LogP contribution in [-0.4, -0.2) is 15.7 Å². The van der Waals surface area contributed by atoms with Gasteiger partial charge in [0.25, 0.3) is 0 Å². The molecule has 0 saturated carbocycles. The molecule has 0 saturated heterocycles. The molecule has 2 aromatic carbocycles. The highest BCUT2D eigenvalue weighted by atomic mass is 16.1. The highest BCUT2D eigenvalue weighted by molar-refractivity contribution is 5.97. The molecule has 3 aromatic rings. The molecule has 1 amide bonds. The van der Waals surface area contributed by atoms with Gasteiger partial charge in [0.15, 0.2) is 0 Å². The summed E-state index contributed by atoms with van der Waals surface area (Å²) in [6.07, 6.45) is 0.409. The molecule has 0 fully saturated rings. The number of nitrogens with one attached hydrogen (secondary N) is 1. The van der Waals surface area contributed by atoms with Crippen LogP contribution in [0.3, 0.4) is 0 Å². The van der Waals surface area contributed by atoms with Crippen molar-refractivity contribution in [3.05, 3.63) is 71.9 Å². The third-order valence-electron chi connectivity index (χ3n) is 4.26. The van der Waals surface area contributed by atoms with Crippen molar-refractivity contribution >= 4 is 11.7 Å². The second kappa shape index (κ2) is 5.39. The van der Waals surface area contributed by atoms with E-state index in [0.29, 0.717) is 6.42 Å². The Morgan fingerprint density at radius 2 is 1.70 bits per heavy atom. The third kappa shape index (κ3) is 2.32. The van der Waals surface area contributed by atoms with E-state index in [4.69, 9.17) is 5.10 Å². The van der Waals surface area contributed by atoms with Gasteiger partial charge in [-0.15, -0.1) is 0 Å². The Hall–Kier alpha value is -2.88. The molecule has 0 radical (unpaired) electrons. The van der Waals surface area contributed by atoms with Crippen molar-refractivity contribution in [3.63, 3.8) is 0 Å². The number of anilines is 1. The van der Waals surface area contributed by atoms with Gasteiger partial charge in [0.2, 0.25) is 5.91 Å². The average molecular weight is 303 g/mol. The minimum absolute atomic E-state index is 0.0310. The van der Waals surface area contributed by atoms with Crippen LogP contribution < -0.4 is 5.32 Å². The van der Waals surface area contributed by atoms with Crippen molar-refractivity contribution < 1.29 is 4.79 Å². The summed E-state index contributed by atoms with van der Waals surface area (Å²) in [4.78, 5) is 12.3. The van der Waals surface area contributed by atoms with Crippen molar-refractivity contribution in [2.45, 2.75) is 19.4 Å². The van der Waals surface area contributed by atoms with E-state index in [1.165, 1.54) is 0 Å². The Balaban J connectivity index is 1.89. The minimum atomic E-state index is -0.0592. The summed E-state index contributed by atoms with van der Waals surface area (Å²) in [5.41, 5.74) is 4.10. The molecule has 2 heterocycles. The fourth-order valence-corrected chi connectivity index (χ4v) is 3.22. The molecule has 0 bridgehead atoms. The smallest absolute Gasteiger partial charge is 0.228 e. The number of fused-ring (bicyclic) bond motifs is 1. The number of rotatable bonds is 2. The van der Waals surface area contributed by atoms with Crippen LogP contribution in [0.15, 0.2) is 60.7 Å². The molecule has 0 unspecified atom stereocenters. The first-order chi connectivity index (χ1) is 11.2. The van der Waals surface area contributed by atoms with E-state index in [9.17, 15) is 4.79 Å². The zero-order chi connectivity index (χ0) is 15.8. The predicted octanol–water partition coefficient (Wildman–Crippen LogP) is 3.79. The summed E-state index contributed by atoms with van der Waals surface area (Å²) in [6, 6.07) is 20.1. The van der Waals surface area contributed by atoms with E-state index in [-0.39, 0.29) is 11.9 Å². The Morgan fingerprint density at radius 3 is 2.39 bits per heavy atom. The SMILES string of the molecule is Cc1nn2c(c1-c1ccccc1)NC(=O)C[C@H]2c1ccccc1. The van der Waals surface area contributed by atoms with Crippen molar-refractivity contribution in [3.8, 4) is 11.1 Å². The van der Waals surface area contributed by atoms with Gasteiger partial charge in [0.1, 0.15) is 5.82 Å². The molecular weight excluding hydrogens is 286 g/mol. The second-order valence-electron chi connectivity index (χ2n) is 5.80. The number of hydrogen-bond acceptors (Lipinski definition) is 2. The Morgan fingerprint density at radius 1 is 1.04 bits per heavy atom. The zero-order valence-electron chi connectivity index (χ0n) is 12.9. The van der Waals surface area contributed by atoms with Crippen molar-refractivity contribution in [1.82, 2.24) is 9.78 Å². The van der Waals surface area contributed by atoms with Gasteiger partial charge < -0.3 is 5.32 Å². The predicted molar refractivity (Wildman–Crippen MR) is 90.2 cm³/mol. The third-order valence-corrected chi connectivity index (χ3v) is 4.26. The van der Waals surface area contributed by atoms with Gasteiger partial charge in [-0.1, -0.05) is 60.7 Å². The number of aromatic nitrogens is 2. The van der Waals surface area contributed by atoms with E-state index in [2.05, 4.69) is 5.32 Å². The van der Waals surface area contributed by atoms with Gasteiger partial charge in [-0.2, -0.15) is 5.10 Å². The van der Waals surface area contributed by atoms with E-state index in [0.717, 1.165) is 28.2 Å². The van der Waals surface area contributed by atoms with Gasteiger partial charge in [0.05, 0.1) is 18.2 Å². The summed E-state index contributed by atoms with van der Waals surface area (Å²) in [6.45, 7) is 1.99. The lowest BCUT2D eigenvalue weighted by molar-refractivity contribution is -0.117. The number of carbonyl (C=O) groups excluding carboxylic acids is 1. The summed E-state index contributed by atoms with van der Waals surface area (Å²) in [5, 5.41) is 7.73. The van der Waals surface area contributed by atoms with Gasteiger partial charge in [0, 0.05) is 5.56 Å². The van der Waals surface area contributed by atoms with Gasteiger partial charge in [-0.25, -0.2) is 4.68 Å². The quantitative estimate of drug-likeness (QED) is 0.783. The number of benzene rings is 2. The minimum Gasteiger partial charge on any atom is -0.310 e. The van der Waals surface area contributed by atoms with Crippen LogP contribution in [0, 0.1) is 6.92 Å². The molecule has 23 heavy (non-hydrogen) atoms. The number of carbonyl (C=O) groups is 1. The first-order valence-electron chi connectivity index (χ1n) is 7.73. The first-order valence-corrected chi connectivity index (χ1v) is 7.73. The highest BCUT2D eigenvalue weighted by Crippen LogP contribution is 2.38. The molecule has 114 valence electrons. The molecule has 0 spiro atoms. The Kier molecular flexibility index (Phi) is 3.23. The van der Waals surface area contributed by atoms with E-state index in [1.54, 1.807) is 0 Å². The first kappa shape index (κ1) is 13.8. The number of amides is 1. The standard InChI is InChI=1S/C19H17N3O/c1-13-18(15-10-6-3-7-11-15)19-20-17(23)12-16(22(19)21-13)14-8-4-2-5-9-14/h2-11,16H,12H2,1H3,(H,20,23)/t16-/m0/s1. The van der Waals surface area contributed by atoms with Gasteiger partial charge >= 0.3 is 0 Å².